The lowest BCUT2D eigenvalue weighted by Crippen LogP contribution is -2.34. The van der Waals surface area contributed by atoms with Crippen LogP contribution in [0.2, 0.25) is 0 Å². The third kappa shape index (κ3) is 1.66. The Morgan fingerprint density at radius 3 is 2.88 bits per heavy atom. The highest BCUT2D eigenvalue weighted by atomic mass is 19.1. The lowest BCUT2D eigenvalue weighted by molar-refractivity contribution is 0.262. The highest BCUT2D eigenvalue weighted by molar-refractivity contribution is 5.37. The van der Waals surface area contributed by atoms with Gasteiger partial charge in [-0.1, -0.05) is 39.3 Å². The monoisotopic (exact) mass is 220 g/mol. The maximum Gasteiger partial charge on any atom is 0.126 e. The molecular weight excluding hydrogens is 199 g/mol. The van der Waals surface area contributed by atoms with E-state index in [1.54, 1.807) is 6.07 Å². The highest BCUT2D eigenvalue weighted by Crippen LogP contribution is 2.44. The summed E-state index contributed by atoms with van der Waals surface area (Å²) in [4.78, 5) is 0. The van der Waals surface area contributed by atoms with Crippen molar-refractivity contribution in [3.63, 3.8) is 0 Å². The van der Waals surface area contributed by atoms with Crippen LogP contribution in [0.5, 0.6) is 0 Å². The summed E-state index contributed by atoms with van der Waals surface area (Å²) in [5, 5.41) is 0. The van der Waals surface area contributed by atoms with Gasteiger partial charge < -0.3 is 0 Å². The molecule has 1 aliphatic carbocycles. The van der Waals surface area contributed by atoms with Crippen LogP contribution in [-0.4, -0.2) is 0 Å². The fraction of sp³-hybridized carbons (Fsp3) is 0.600. The molecule has 2 atom stereocenters. The maximum absolute atomic E-state index is 13.8. The molecule has 0 spiro atoms. The second-order valence-electron chi connectivity index (χ2n) is 5.35. The first-order valence-corrected chi connectivity index (χ1v) is 6.37. The number of hydrogen-bond acceptors (Lipinski definition) is 0. The van der Waals surface area contributed by atoms with Crippen molar-refractivity contribution in [1.29, 1.82) is 0 Å². The molecule has 0 bridgehead atoms. The van der Waals surface area contributed by atoms with Gasteiger partial charge in [0.1, 0.15) is 5.82 Å². The summed E-state index contributed by atoms with van der Waals surface area (Å²) in [5.41, 5.74) is 2.40. The molecule has 1 aliphatic rings. The number of rotatable bonds is 2. The molecule has 0 aromatic heterocycles. The van der Waals surface area contributed by atoms with Crippen LogP contribution < -0.4 is 0 Å². The van der Waals surface area contributed by atoms with Crippen LogP contribution in [0.3, 0.4) is 0 Å². The largest absolute Gasteiger partial charge is 0.207 e. The quantitative estimate of drug-likeness (QED) is 0.690. The Morgan fingerprint density at radius 2 is 2.19 bits per heavy atom. The SMILES string of the molecule is CCC(C)C1(C)CCCc2c(F)cccc21. The van der Waals surface area contributed by atoms with E-state index < -0.39 is 0 Å². The number of hydrogen-bond donors (Lipinski definition) is 0. The first kappa shape index (κ1) is 11.6. The molecule has 0 nitrogen and oxygen atoms in total. The fourth-order valence-electron chi connectivity index (χ4n) is 3.08. The van der Waals surface area contributed by atoms with Gasteiger partial charge in [-0.3, -0.25) is 0 Å². The molecule has 0 N–H and O–H groups in total. The van der Waals surface area contributed by atoms with Gasteiger partial charge in [-0.25, -0.2) is 4.39 Å². The van der Waals surface area contributed by atoms with E-state index in [2.05, 4.69) is 26.8 Å². The Balaban J connectivity index is 2.51. The van der Waals surface area contributed by atoms with Crippen molar-refractivity contribution < 1.29 is 4.39 Å². The average Bonchev–Trinajstić information content (AvgIpc) is 2.30. The summed E-state index contributed by atoms with van der Waals surface area (Å²) in [6, 6.07) is 5.59. The molecular formula is C15H21F. The normalized spacial score (nSPS) is 26.2. The van der Waals surface area contributed by atoms with Crippen molar-refractivity contribution in [1.82, 2.24) is 0 Å². The summed E-state index contributed by atoms with van der Waals surface area (Å²) in [6.45, 7) is 6.82. The molecule has 1 aromatic carbocycles. The molecule has 0 saturated carbocycles. The molecule has 0 fully saturated rings. The Kier molecular flexibility index (Phi) is 3.05. The van der Waals surface area contributed by atoms with Crippen LogP contribution in [-0.2, 0) is 11.8 Å². The Bertz CT molecular complexity index is 383. The Morgan fingerprint density at radius 1 is 1.44 bits per heavy atom. The molecule has 0 radical (unpaired) electrons. The molecule has 2 unspecified atom stereocenters. The smallest absolute Gasteiger partial charge is 0.126 e. The summed E-state index contributed by atoms with van der Waals surface area (Å²) >= 11 is 0. The van der Waals surface area contributed by atoms with Gasteiger partial charge in [0, 0.05) is 0 Å². The minimum absolute atomic E-state index is 0.00766. The van der Waals surface area contributed by atoms with Crippen LogP contribution in [0.25, 0.3) is 0 Å². The van der Waals surface area contributed by atoms with Crippen molar-refractivity contribution in [3.8, 4) is 0 Å². The molecule has 0 saturated heterocycles. The van der Waals surface area contributed by atoms with Gasteiger partial charge in [0.2, 0.25) is 0 Å². The molecule has 88 valence electrons. The Labute approximate surface area is 97.9 Å². The zero-order valence-corrected chi connectivity index (χ0v) is 10.5. The third-order valence-electron chi connectivity index (χ3n) is 4.56. The molecule has 0 heterocycles. The molecule has 0 aliphatic heterocycles. The van der Waals surface area contributed by atoms with Gasteiger partial charge in [0.25, 0.3) is 0 Å². The minimum atomic E-state index is -0.00766. The second kappa shape index (κ2) is 4.20. The summed E-state index contributed by atoms with van der Waals surface area (Å²) in [6.07, 6.45) is 4.38. The van der Waals surface area contributed by atoms with E-state index in [4.69, 9.17) is 0 Å². The standard InChI is InChI=1S/C15H21F/c1-4-11(2)15(3)10-6-7-12-13(15)8-5-9-14(12)16/h5,8-9,11H,4,6-7,10H2,1-3H3. The van der Waals surface area contributed by atoms with E-state index in [1.807, 2.05) is 6.07 Å². The lowest BCUT2D eigenvalue weighted by Gasteiger charge is -2.41. The Hall–Kier alpha value is -0.850. The summed E-state index contributed by atoms with van der Waals surface area (Å²) < 4.78 is 13.8. The van der Waals surface area contributed by atoms with Gasteiger partial charge >= 0.3 is 0 Å². The third-order valence-corrected chi connectivity index (χ3v) is 4.56. The van der Waals surface area contributed by atoms with Crippen LogP contribution in [0.1, 0.15) is 51.2 Å². The lowest BCUT2D eigenvalue weighted by atomic mass is 9.64. The number of benzene rings is 1. The van der Waals surface area contributed by atoms with Crippen molar-refractivity contribution in [2.75, 3.05) is 0 Å². The van der Waals surface area contributed by atoms with Crippen LogP contribution >= 0.6 is 0 Å². The molecule has 16 heavy (non-hydrogen) atoms. The van der Waals surface area contributed by atoms with E-state index in [0.717, 1.165) is 24.8 Å². The van der Waals surface area contributed by atoms with Gasteiger partial charge in [-0.2, -0.15) is 0 Å². The van der Waals surface area contributed by atoms with E-state index in [-0.39, 0.29) is 11.2 Å². The topological polar surface area (TPSA) is 0 Å². The van der Waals surface area contributed by atoms with Crippen molar-refractivity contribution in [2.45, 2.75) is 51.9 Å². The van der Waals surface area contributed by atoms with Crippen molar-refractivity contribution in [2.24, 2.45) is 5.92 Å². The first-order valence-electron chi connectivity index (χ1n) is 6.37. The van der Waals surface area contributed by atoms with Crippen LogP contribution in [0.15, 0.2) is 18.2 Å². The van der Waals surface area contributed by atoms with Crippen molar-refractivity contribution >= 4 is 0 Å². The second-order valence-corrected chi connectivity index (χ2v) is 5.35. The maximum atomic E-state index is 13.8. The van der Waals surface area contributed by atoms with Gasteiger partial charge in [0.15, 0.2) is 0 Å². The predicted octanol–water partition coefficient (Wildman–Crippen LogP) is 4.47. The summed E-state index contributed by atoms with van der Waals surface area (Å²) in [5.74, 6) is 0.611. The minimum Gasteiger partial charge on any atom is -0.207 e. The fourth-order valence-corrected chi connectivity index (χ4v) is 3.08. The average molecular weight is 220 g/mol. The predicted molar refractivity (Wildman–Crippen MR) is 66.1 cm³/mol. The van der Waals surface area contributed by atoms with Crippen molar-refractivity contribution in [3.05, 3.63) is 35.1 Å². The van der Waals surface area contributed by atoms with E-state index >= 15 is 0 Å². The van der Waals surface area contributed by atoms with Gasteiger partial charge in [0.05, 0.1) is 0 Å². The van der Waals surface area contributed by atoms with E-state index in [9.17, 15) is 4.39 Å². The molecule has 2 rings (SSSR count). The van der Waals surface area contributed by atoms with Crippen LogP contribution in [0.4, 0.5) is 4.39 Å². The van der Waals surface area contributed by atoms with E-state index in [0.29, 0.717) is 5.92 Å². The first-order chi connectivity index (χ1) is 7.59. The number of fused-ring (bicyclic) bond motifs is 1. The molecule has 1 heteroatoms. The van der Waals surface area contributed by atoms with Gasteiger partial charge in [-0.15, -0.1) is 0 Å². The summed E-state index contributed by atoms with van der Waals surface area (Å²) in [7, 11) is 0. The zero-order chi connectivity index (χ0) is 11.8. The van der Waals surface area contributed by atoms with E-state index in [1.165, 1.54) is 12.0 Å². The molecule has 0 amide bonds. The van der Waals surface area contributed by atoms with Gasteiger partial charge in [-0.05, 0) is 47.8 Å². The molecule has 1 aromatic rings. The van der Waals surface area contributed by atoms with Crippen LogP contribution in [0, 0.1) is 11.7 Å². The highest BCUT2D eigenvalue weighted by Gasteiger charge is 2.36. The zero-order valence-electron chi connectivity index (χ0n) is 10.5. The number of halogens is 1.